The molecule has 11 heavy (non-hydrogen) atoms. The Morgan fingerprint density at radius 3 is 2.82 bits per heavy atom. The molecule has 1 aromatic rings. The zero-order chi connectivity index (χ0) is 8.27. The Hall–Kier alpha value is -1.75. The number of anilines is 1. The van der Waals surface area contributed by atoms with Crippen LogP contribution >= 0.6 is 0 Å². The van der Waals surface area contributed by atoms with Crippen molar-refractivity contribution >= 4 is 11.9 Å². The summed E-state index contributed by atoms with van der Waals surface area (Å²) >= 11 is 0. The van der Waals surface area contributed by atoms with E-state index in [-0.39, 0.29) is 0 Å². The van der Waals surface area contributed by atoms with E-state index in [9.17, 15) is 0 Å². The summed E-state index contributed by atoms with van der Waals surface area (Å²) < 4.78 is 0. The predicted molar refractivity (Wildman–Crippen MR) is 45.9 cm³/mol. The molecule has 1 rings (SSSR count). The van der Waals surface area contributed by atoms with Crippen LogP contribution in [0.5, 0.6) is 0 Å². The van der Waals surface area contributed by atoms with Crippen molar-refractivity contribution in [2.45, 2.75) is 0 Å². The molecule has 1 aromatic carbocycles. The molecule has 2 heteroatoms. The summed E-state index contributed by atoms with van der Waals surface area (Å²) in [5.74, 6) is 2.50. The Bertz CT molecular complexity index is 321. The van der Waals surface area contributed by atoms with Gasteiger partial charge >= 0.3 is 0 Å². The van der Waals surface area contributed by atoms with Gasteiger partial charge in [0.2, 0.25) is 0 Å². The molecule has 0 spiro atoms. The molecule has 0 heterocycles. The van der Waals surface area contributed by atoms with Gasteiger partial charge in [-0.25, -0.2) is 0 Å². The van der Waals surface area contributed by atoms with E-state index >= 15 is 0 Å². The van der Waals surface area contributed by atoms with E-state index in [4.69, 9.17) is 17.6 Å². The first-order valence-corrected chi connectivity index (χ1v) is 3.19. The molecule has 0 aliphatic heterocycles. The Morgan fingerprint density at radius 2 is 2.27 bits per heavy atom. The monoisotopic (exact) mass is 145 g/mol. The minimum Gasteiger partial charge on any atom is -0.398 e. The molecule has 0 bridgehead atoms. The van der Waals surface area contributed by atoms with Gasteiger partial charge in [-0.15, -0.1) is 6.42 Å². The fraction of sp³-hybridized carbons (Fsp3) is 0. The minimum atomic E-state index is 0.645. The van der Waals surface area contributed by atoms with E-state index in [0.717, 1.165) is 11.1 Å². The minimum absolute atomic E-state index is 0.645. The molecule has 0 aromatic heterocycles. The van der Waals surface area contributed by atoms with Crippen LogP contribution < -0.4 is 11.1 Å². The number of rotatable bonds is 1. The molecule has 0 fully saturated rings. The Labute approximate surface area is 65.6 Å². The predicted octanol–water partition coefficient (Wildman–Crippen LogP) is -0.572. The second kappa shape index (κ2) is 2.89. The Morgan fingerprint density at radius 1 is 1.55 bits per heavy atom. The van der Waals surface area contributed by atoms with E-state index in [0.29, 0.717) is 5.69 Å². The summed E-state index contributed by atoms with van der Waals surface area (Å²) in [6.45, 7) is 0. The quantitative estimate of drug-likeness (QED) is 0.310. The summed E-state index contributed by atoms with van der Waals surface area (Å²) in [7, 11) is 0. The average molecular weight is 145 g/mol. The fourth-order valence-electron chi connectivity index (χ4n) is 0.809. The van der Waals surface area contributed by atoms with Crippen LogP contribution in [0, 0.1) is 12.3 Å². The maximum Gasteiger partial charge on any atom is 0.169 e. The van der Waals surface area contributed by atoms with Crippen LogP contribution in [0.3, 0.4) is 0 Å². The van der Waals surface area contributed by atoms with E-state index in [1.54, 1.807) is 18.2 Å². The van der Waals surface area contributed by atoms with Crippen molar-refractivity contribution in [1.29, 1.82) is 0 Å². The van der Waals surface area contributed by atoms with Crippen molar-refractivity contribution in [3.8, 4) is 12.3 Å². The summed E-state index contributed by atoms with van der Waals surface area (Å²) in [5, 5.41) is 5.30. The van der Waals surface area contributed by atoms with Crippen LogP contribution in [-0.4, -0.2) is 6.21 Å². The molecule has 2 nitrogen and oxygen atoms in total. The topological polar surface area (TPSA) is 51.6 Å². The summed E-state index contributed by atoms with van der Waals surface area (Å²) in [5.41, 5.74) is 7.79. The lowest BCUT2D eigenvalue weighted by molar-refractivity contribution is -0.104. The van der Waals surface area contributed by atoms with Crippen molar-refractivity contribution in [3.63, 3.8) is 0 Å². The van der Waals surface area contributed by atoms with Crippen LogP contribution in [0.4, 0.5) is 5.69 Å². The van der Waals surface area contributed by atoms with E-state index in [2.05, 4.69) is 5.92 Å². The normalized spacial score (nSPS) is 8.64. The molecule has 0 saturated carbocycles. The lowest BCUT2D eigenvalue weighted by Crippen LogP contribution is -2.30. The van der Waals surface area contributed by atoms with Crippen molar-refractivity contribution < 1.29 is 5.41 Å². The molecule has 0 radical (unpaired) electrons. The van der Waals surface area contributed by atoms with E-state index < -0.39 is 0 Å². The van der Waals surface area contributed by atoms with Gasteiger partial charge in [0.25, 0.3) is 0 Å². The highest BCUT2D eigenvalue weighted by atomic mass is 14.6. The molecule has 54 valence electrons. The van der Waals surface area contributed by atoms with E-state index in [1.165, 1.54) is 6.21 Å². The maximum absolute atomic E-state index is 5.57. The number of nitrogens with two attached hydrogens (primary N) is 2. The van der Waals surface area contributed by atoms with Crippen LogP contribution in [0.15, 0.2) is 18.2 Å². The first kappa shape index (κ1) is 7.36. The lowest BCUT2D eigenvalue weighted by Gasteiger charge is -1.96. The van der Waals surface area contributed by atoms with Gasteiger partial charge in [0, 0.05) is 11.3 Å². The summed E-state index contributed by atoms with van der Waals surface area (Å²) in [4.78, 5) is 0. The smallest absolute Gasteiger partial charge is 0.169 e. The molecule has 4 N–H and O–H groups in total. The first-order valence-electron chi connectivity index (χ1n) is 3.19. The largest absolute Gasteiger partial charge is 0.398 e. The van der Waals surface area contributed by atoms with Gasteiger partial charge in [0.15, 0.2) is 6.21 Å². The highest BCUT2D eigenvalue weighted by molar-refractivity contribution is 5.83. The van der Waals surface area contributed by atoms with Gasteiger partial charge in [-0.3, -0.25) is 5.41 Å². The zero-order valence-electron chi connectivity index (χ0n) is 6.04. The highest BCUT2D eigenvalue weighted by Gasteiger charge is 1.97. The van der Waals surface area contributed by atoms with Crippen LogP contribution in [-0.2, 0) is 0 Å². The molecule has 0 unspecified atom stereocenters. The number of terminal acetylenes is 1. The summed E-state index contributed by atoms with van der Waals surface area (Å²) in [6, 6.07) is 5.30. The average Bonchev–Trinajstić information content (AvgIpc) is 2.05. The zero-order valence-corrected chi connectivity index (χ0v) is 6.04. The maximum atomic E-state index is 5.57. The van der Waals surface area contributed by atoms with E-state index in [1.807, 2.05) is 0 Å². The van der Waals surface area contributed by atoms with Gasteiger partial charge in [-0.05, 0) is 18.2 Å². The van der Waals surface area contributed by atoms with Crippen LogP contribution in [0.2, 0.25) is 0 Å². The highest BCUT2D eigenvalue weighted by Crippen LogP contribution is 2.09. The number of hydrogen-bond acceptors (Lipinski definition) is 1. The van der Waals surface area contributed by atoms with Crippen LogP contribution in [0.1, 0.15) is 11.1 Å². The number of hydrogen-bond donors (Lipinski definition) is 2. The fourth-order valence-corrected chi connectivity index (χ4v) is 0.809. The third-order valence-corrected chi connectivity index (χ3v) is 1.43. The van der Waals surface area contributed by atoms with Crippen molar-refractivity contribution in [3.05, 3.63) is 29.3 Å². The first-order chi connectivity index (χ1) is 5.27. The van der Waals surface area contributed by atoms with Crippen molar-refractivity contribution in [2.24, 2.45) is 0 Å². The third-order valence-electron chi connectivity index (χ3n) is 1.43. The van der Waals surface area contributed by atoms with Gasteiger partial charge in [0.05, 0.1) is 5.56 Å². The van der Waals surface area contributed by atoms with Gasteiger partial charge < -0.3 is 5.73 Å². The number of nitrogen functional groups attached to an aromatic ring is 1. The third kappa shape index (κ3) is 1.39. The molecule has 0 aliphatic carbocycles. The molecule has 0 amide bonds. The molecular formula is C9H9N2+. The van der Waals surface area contributed by atoms with Crippen LogP contribution in [0.25, 0.3) is 0 Å². The second-order valence-electron chi connectivity index (χ2n) is 2.15. The standard InChI is InChI=1S/C9H8N2/c1-2-7-3-4-9(11)8(5-7)6-10/h1,3-6,10H,11H2/p+1. The van der Waals surface area contributed by atoms with Gasteiger partial charge in [0.1, 0.15) is 0 Å². The molecule has 0 aliphatic rings. The molecular weight excluding hydrogens is 136 g/mol. The lowest BCUT2D eigenvalue weighted by atomic mass is 10.1. The SMILES string of the molecule is C#Cc1ccc(N)c(C=[NH2+])c1. The second-order valence-corrected chi connectivity index (χ2v) is 2.15. The van der Waals surface area contributed by atoms with Crippen molar-refractivity contribution in [1.82, 2.24) is 0 Å². The summed E-state index contributed by atoms with van der Waals surface area (Å²) in [6.07, 6.45) is 6.62. The van der Waals surface area contributed by atoms with Gasteiger partial charge in [-0.1, -0.05) is 5.92 Å². The van der Waals surface area contributed by atoms with Crippen molar-refractivity contribution in [2.75, 3.05) is 5.73 Å². The molecule has 0 atom stereocenters. The van der Waals surface area contributed by atoms with Gasteiger partial charge in [-0.2, -0.15) is 0 Å². The number of benzene rings is 1. The Kier molecular flexibility index (Phi) is 1.93. The Balaban J connectivity index is 3.25. The molecule has 0 saturated heterocycles.